The van der Waals surface area contributed by atoms with E-state index < -0.39 is 30.2 Å². The molecule has 2 heterocycles. The molecular formula is C21H24ClNO4S. The number of benzene rings is 1. The second-order valence-corrected chi connectivity index (χ2v) is 9.18. The highest BCUT2D eigenvalue weighted by atomic mass is 35.5. The monoisotopic (exact) mass is 421 g/mol. The summed E-state index contributed by atoms with van der Waals surface area (Å²) in [4.78, 5) is 28.3. The minimum atomic E-state index is -0.657. The first-order valence-electron chi connectivity index (χ1n) is 9.15. The van der Waals surface area contributed by atoms with Gasteiger partial charge in [0, 0.05) is 23.0 Å². The third-order valence-corrected chi connectivity index (χ3v) is 6.00. The summed E-state index contributed by atoms with van der Waals surface area (Å²) < 4.78 is 10.4. The van der Waals surface area contributed by atoms with E-state index in [4.69, 9.17) is 21.1 Å². The van der Waals surface area contributed by atoms with Crippen molar-refractivity contribution in [2.45, 2.75) is 39.8 Å². The Hall–Kier alpha value is -1.89. The van der Waals surface area contributed by atoms with E-state index in [1.54, 1.807) is 38.2 Å². The maximum absolute atomic E-state index is 13.0. The van der Waals surface area contributed by atoms with Crippen LogP contribution in [0.4, 0.5) is 0 Å². The van der Waals surface area contributed by atoms with Crippen molar-refractivity contribution in [1.82, 2.24) is 4.90 Å². The molecule has 3 rings (SSSR count). The SMILES string of the molecule is CC(C)(C)C(=O)OCOC(=O)[C@@H](c1ccccc1Cl)N1CCc2sccc2C1. The van der Waals surface area contributed by atoms with Crippen molar-refractivity contribution in [3.63, 3.8) is 0 Å². The molecule has 1 atom stereocenters. The lowest BCUT2D eigenvalue weighted by molar-refractivity contribution is -0.176. The first-order valence-corrected chi connectivity index (χ1v) is 10.4. The van der Waals surface area contributed by atoms with E-state index in [2.05, 4.69) is 16.3 Å². The first-order chi connectivity index (χ1) is 13.3. The molecule has 0 saturated carbocycles. The summed E-state index contributed by atoms with van der Waals surface area (Å²) >= 11 is 8.13. The molecule has 5 nitrogen and oxygen atoms in total. The van der Waals surface area contributed by atoms with Crippen LogP contribution >= 0.6 is 22.9 Å². The van der Waals surface area contributed by atoms with Crippen LogP contribution in [-0.2, 0) is 32.0 Å². The Kier molecular flexibility index (Phi) is 6.43. The summed E-state index contributed by atoms with van der Waals surface area (Å²) in [5, 5.41) is 2.58. The highest BCUT2D eigenvalue weighted by Gasteiger charge is 2.33. The van der Waals surface area contributed by atoms with Crippen molar-refractivity contribution in [2.75, 3.05) is 13.3 Å². The summed E-state index contributed by atoms with van der Waals surface area (Å²) in [6.07, 6.45) is 0.875. The molecule has 0 spiro atoms. The number of nitrogens with zero attached hydrogens (tertiary/aromatic N) is 1. The second kappa shape index (κ2) is 8.64. The van der Waals surface area contributed by atoms with Gasteiger partial charge in [0.05, 0.1) is 5.41 Å². The topological polar surface area (TPSA) is 55.8 Å². The molecule has 1 aliphatic heterocycles. The number of halogens is 1. The van der Waals surface area contributed by atoms with Crippen molar-refractivity contribution in [3.05, 3.63) is 56.7 Å². The molecule has 7 heteroatoms. The van der Waals surface area contributed by atoms with Gasteiger partial charge in [0.1, 0.15) is 6.04 Å². The van der Waals surface area contributed by atoms with Gasteiger partial charge < -0.3 is 9.47 Å². The van der Waals surface area contributed by atoms with Crippen LogP contribution in [0.2, 0.25) is 5.02 Å². The molecule has 2 aromatic rings. The average Bonchev–Trinajstić information content (AvgIpc) is 3.10. The zero-order chi connectivity index (χ0) is 20.3. The number of hydrogen-bond donors (Lipinski definition) is 0. The fourth-order valence-corrected chi connectivity index (χ4v) is 4.23. The molecule has 1 aliphatic rings. The Balaban J connectivity index is 1.76. The number of hydrogen-bond acceptors (Lipinski definition) is 6. The number of carbonyl (C=O) groups excluding carboxylic acids is 2. The van der Waals surface area contributed by atoms with E-state index in [1.165, 1.54) is 10.4 Å². The van der Waals surface area contributed by atoms with Crippen LogP contribution in [0.3, 0.4) is 0 Å². The molecule has 0 aliphatic carbocycles. The quantitative estimate of drug-likeness (QED) is 0.522. The summed E-state index contributed by atoms with van der Waals surface area (Å²) in [5.74, 6) is -0.899. The molecular weight excluding hydrogens is 398 g/mol. The molecule has 150 valence electrons. The lowest BCUT2D eigenvalue weighted by atomic mass is 9.98. The van der Waals surface area contributed by atoms with Crippen molar-refractivity contribution in [2.24, 2.45) is 5.41 Å². The first kappa shape index (κ1) is 20.8. The van der Waals surface area contributed by atoms with Crippen molar-refractivity contribution in [3.8, 4) is 0 Å². The van der Waals surface area contributed by atoms with Gasteiger partial charge in [-0.3, -0.25) is 9.69 Å². The normalized spacial score (nSPS) is 15.6. The molecule has 28 heavy (non-hydrogen) atoms. The molecule has 0 unspecified atom stereocenters. The summed E-state index contributed by atoms with van der Waals surface area (Å²) in [6, 6.07) is 8.70. The van der Waals surface area contributed by atoms with Gasteiger partial charge in [-0.2, -0.15) is 0 Å². The number of fused-ring (bicyclic) bond motifs is 1. The number of rotatable bonds is 5. The Morgan fingerprint density at radius 3 is 2.68 bits per heavy atom. The van der Waals surface area contributed by atoms with Crippen LogP contribution in [0, 0.1) is 5.41 Å². The summed E-state index contributed by atoms with van der Waals surface area (Å²) in [7, 11) is 0. The van der Waals surface area contributed by atoms with Gasteiger partial charge in [-0.05, 0) is 55.8 Å². The number of esters is 2. The predicted octanol–water partition coefficient (Wildman–Crippen LogP) is 4.59. The van der Waals surface area contributed by atoms with Gasteiger partial charge in [0.25, 0.3) is 0 Å². The maximum Gasteiger partial charge on any atom is 0.330 e. The van der Waals surface area contributed by atoms with E-state index in [0.29, 0.717) is 17.1 Å². The van der Waals surface area contributed by atoms with E-state index in [1.807, 2.05) is 18.2 Å². The van der Waals surface area contributed by atoms with Crippen LogP contribution in [-0.4, -0.2) is 30.2 Å². The average molecular weight is 422 g/mol. The minimum absolute atomic E-state index is 0.409. The van der Waals surface area contributed by atoms with Crippen LogP contribution in [0.1, 0.15) is 42.8 Å². The fourth-order valence-electron chi connectivity index (χ4n) is 3.10. The Morgan fingerprint density at radius 2 is 1.96 bits per heavy atom. The van der Waals surface area contributed by atoms with E-state index >= 15 is 0 Å². The van der Waals surface area contributed by atoms with Crippen molar-refractivity contribution < 1.29 is 19.1 Å². The van der Waals surface area contributed by atoms with Gasteiger partial charge in [-0.1, -0.05) is 29.8 Å². The van der Waals surface area contributed by atoms with Crippen LogP contribution < -0.4 is 0 Å². The third-order valence-electron chi connectivity index (χ3n) is 4.63. The Bertz CT molecular complexity index is 858. The molecule has 1 aromatic carbocycles. The standard InChI is InChI=1S/C21H24ClNO4S/c1-21(2,3)20(25)27-13-26-19(24)18(15-6-4-5-7-16(15)22)23-10-8-17-14(12-23)9-11-28-17/h4-7,9,11,18H,8,10,12-13H2,1-3H3/t18-/m1/s1. The van der Waals surface area contributed by atoms with Gasteiger partial charge in [0.15, 0.2) is 0 Å². The smallest absolute Gasteiger partial charge is 0.330 e. The van der Waals surface area contributed by atoms with Crippen molar-refractivity contribution in [1.29, 1.82) is 0 Å². The highest BCUT2D eigenvalue weighted by molar-refractivity contribution is 7.10. The predicted molar refractivity (Wildman–Crippen MR) is 109 cm³/mol. The Labute approximate surface area is 174 Å². The lowest BCUT2D eigenvalue weighted by Gasteiger charge is -2.33. The Morgan fingerprint density at radius 1 is 1.21 bits per heavy atom. The molecule has 0 amide bonds. The highest BCUT2D eigenvalue weighted by Crippen LogP contribution is 2.34. The molecule has 0 bridgehead atoms. The molecule has 1 aromatic heterocycles. The molecule has 0 radical (unpaired) electrons. The van der Waals surface area contributed by atoms with E-state index in [0.717, 1.165) is 13.0 Å². The third kappa shape index (κ3) is 4.74. The zero-order valence-corrected chi connectivity index (χ0v) is 17.8. The van der Waals surface area contributed by atoms with Crippen LogP contribution in [0.15, 0.2) is 35.7 Å². The second-order valence-electron chi connectivity index (χ2n) is 7.78. The molecule has 0 saturated heterocycles. The van der Waals surface area contributed by atoms with E-state index in [-0.39, 0.29) is 0 Å². The van der Waals surface area contributed by atoms with Crippen LogP contribution in [0.5, 0.6) is 0 Å². The van der Waals surface area contributed by atoms with Gasteiger partial charge >= 0.3 is 11.9 Å². The fraction of sp³-hybridized carbons (Fsp3) is 0.429. The van der Waals surface area contributed by atoms with Gasteiger partial charge in [-0.15, -0.1) is 11.3 Å². The maximum atomic E-state index is 13.0. The lowest BCUT2D eigenvalue weighted by Crippen LogP contribution is -2.39. The zero-order valence-electron chi connectivity index (χ0n) is 16.2. The van der Waals surface area contributed by atoms with Gasteiger partial charge in [0.2, 0.25) is 6.79 Å². The van der Waals surface area contributed by atoms with Gasteiger partial charge in [-0.25, -0.2) is 4.79 Å². The van der Waals surface area contributed by atoms with E-state index in [9.17, 15) is 9.59 Å². The van der Waals surface area contributed by atoms with Crippen LogP contribution in [0.25, 0.3) is 0 Å². The molecule has 0 fully saturated rings. The van der Waals surface area contributed by atoms with Crippen molar-refractivity contribution >= 4 is 34.9 Å². The number of ether oxygens (including phenoxy) is 2. The minimum Gasteiger partial charge on any atom is -0.427 e. The number of thiophene rings is 1. The molecule has 0 N–H and O–H groups in total. The number of carbonyl (C=O) groups is 2. The summed E-state index contributed by atoms with van der Waals surface area (Å²) in [5.41, 5.74) is 1.26. The largest absolute Gasteiger partial charge is 0.427 e. The summed E-state index contributed by atoms with van der Waals surface area (Å²) in [6.45, 7) is 6.20.